The van der Waals surface area contributed by atoms with E-state index in [-0.39, 0.29) is 7.43 Å². The third kappa shape index (κ3) is 1.56. The molecule has 9 heavy (non-hydrogen) atoms. The highest BCUT2D eigenvalue weighted by atomic mass is 15.3. The van der Waals surface area contributed by atoms with E-state index in [0.717, 1.165) is 0 Å². The Bertz CT molecular complexity index is 169. The maximum Gasteiger partial charge on any atom is 0.204 e. The van der Waals surface area contributed by atoms with Gasteiger partial charge in [0.15, 0.2) is 7.05 Å². The van der Waals surface area contributed by atoms with Gasteiger partial charge in [0.2, 0.25) is 5.69 Å². The third-order valence-corrected chi connectivity index (χ3v) is 1.30. The molecule has 0 radical (unpaired) electrons. The van der Waals surface area contributed by atoms with Crippen LogP contribution >= 0.6 is 0 Å². The lowest BCUT2D eigenvalue weighted by molar-refractivity contribution is -0.732. The summed E-state index contributed by atoms with van der Waals surface area (Å²) in [5, 5.41) is 3.12. The summed E-state index contributed by atoms with van der Waals surface area (Å²) in [7, 11) is 2.00. The van der Waals surface area contributed by atoms with Gasteiger partial charge >= 0.3 is 0 Å². The van der Waals surface area contributed by atoms with Crippen molar-refractivity contribution in [2.45, 2.75) is 21.3 Å². The van der Waals surface area contributed by atoms with Crippen LogP contribution in [0.1, 0.15) is 18.8 Å². The normalized spacial score (nSPS) is 8.78. The lowest BCUT2D eigenvalue weighted by Gasteiger charge is -1.76. The molecule has 0 saturated heterocycles. The molecular formula is C7H15N2+. The fourth-order valence-electron chi connectivity index (χ4n) is 0.795. The number of rotatable bonds is 0. The highest BCUT2D eigenvalue weighted by molar-refractivity contribution is 4.98. The molecule has 0 aliphatic heterocycles. The largest absolute Gasteiger partial charge is 0.204 e. The van der Waals surface area contributed by atoms with Gasteiger partial charge in [-0.3, -0.25) is 0 Å². The molecule has 1 N–H and O–H groups in total. The average Bonchev–Trinajstić information content (AvgIpc) is 1.85. The van der Waals surface area contributed by atoms with Crippen LogP contribution in [-0.4, -0.2) is 5.10 Å². The molecule has 0 aromatic carbocycles. The molecular weight excluding hydrogens is 112 g/mol. The molecule has 1 heterocycles. The summed E-state index contributed by atoms with van der Waals surface area (Å²) in [6, 6.07) is 2.11. The molecule has 1 aromatic rings. The number of hydrogen-bond donors (Lipinski definition) is 1. The fraction of sp³-hybridized carbons (Fsp3) is 0.571. The molecule has 52 valence electrons. The molecule has 0 spiro atoms. The predicted octanol–water partition coefficient (Wildman–Crippen LogP) is 1.09. The van der Waals surface area contributed by atoms with Crippen LogP contribution in [-0.2, 0) is 7.05 Å². The Labute approximate surface area is 56.5 Å². The Morgan fingerprint density at radius 3 is 2.11 bits per heavy atom. The number of aromatic nitrogens is 2. The fourth-order valence-corrected chi connectivity index (χ4v) is 0.795. The summed E-state index contributed by atoms with van der Waals surface area (Å²) in [5.74, 6) is 0. The van der Waals surface area contributed by atoms with E-state index in [2.05, 4.69) is 18.1 Å². The van der Waals surface area contributed by atoms with Crippen LogP contribution in [0.25, 0.3) is 0 Å². The first-order valence-electron chi connectivity index (χ1n) is 2.72. The van der Waals surface area contributed by atoms with Gasteiger partial charge in [0, 0.05) is 13.0 Å². The Morgan fingerprint density at radius 2 is 2.00 bits per heavy atom. The van der Waals surface area contributed by atoms with Crippen molar-refractivity contribution < 1.29 is 4.68 Å². The second kappa shape index (κ2) is 2.67. The smallest absolute Gasteiger partial charge is 0.170 e. The highest BCUT2D eigenvalue weighted by Crippen LogP contribution is 1.90. The first-order valence-corrected chi connectivity index (χ1v) is 2.72. The molecule has 0 fully saturated rings. The van der Waals surface area contributed by atoms with Crippen LogP contribution in [0, 0.1) is 13.8 Å². The standard InChI is InChI=1S/C6H10N2.CH4/c1-5-4-6(2)8(3)7-5;/h4H,1-3H3;1H4/p+1. The zero-order chi connectivity index (χ0) is 6.15. The monoisotopic (exact) mass is 127 g/mol. The molecule has 0 aliphatic carbocycles. The molecule has 2 heteroatoms. The summed E-state index contributed by atoms with van der Waals surface area (Å²) in [4.78, 5) is 0. The average molecular weight is 127 g/mol. The summed E-state index contributed by atoms with van der Waals surface area (Å²) < 4.78 is 2.00. The number of H-pyrrole nitrogens is 1. The van der Waals surface area contributed by atoms with Crippen molar-refractivity contribution in [3.05, 3.63) is 17.5 Å². The summed E-state index contributed by atoms with van der Waals surface area (Å²) in [6.45, 7) is 4.12. The van der Waals surface area contributed by atoms with Gasteiger partial charge in [0.05, 0.1) is 5.69 Å². The minimum absolute atomic E-state index is 0. The van der Waals surface area contributed by atoms with E-state index in [1.54, 1.807) is 0 Å². The molecule has 2 nitrogen and oxygen atoms in total. The lowest BCUT2D eigenvalue weighted by Crippen LogP contribution is -2.32. The van der Waals surface area contributed by atoms with E-state index in [0.29, 0.717) is 0 Å². The predicted molar refractivity (Wildman–Crippen MR) is 38.2 cm³/mol. The second-order valence-corrected chi connectivity index (χ2v) is 2.14. The van der Waals surface area contributed by atoms with Crippen molar-refractivity contribution in [3.63, 3.8) is 0 Å². The van der Waals surface area contributed by atoms with E-state index in [4.69, 9.17) is 0 Å². The van der Waals surface area contributed by atoms with E-state index < -0.39 is 0 Å². The maximum absolute atomic E-state index is 3.12. The summed E-state index contributed by atoms with van der Waals surface area (Å²) in [5.41, 5.74) is 2.48. The van der Waals surface area contributed by atoms with Crippen molar-refractivity contribution in [1.82, 2.24) is 5.10 Å². The molecule has 1 rings (SSSR count). The summed E-state index contributed by atoms with van der Waals surface area (Å²) in [6.07, 6.45) is 0. The van der Waals surface area contributed by atoms with E-state index >= 15 is 0 Å². The highest BCUT2D eigenvalue weighted by Gasteiger charge is 2.00. The van der Waals surface area contributed by atoms with E-state index in [9.17, 15) is 0 Å². The molecule has 0 amide bonds. The van der Waals surface area contributed by atoms with Gasteiger partial charge in [-0.05, 0) is 6.92 Å². The van der Waals surface area contributed by atoms with Gasteiger partial charge in [-0.25, -0.2) is 0 Å². The Hall–Kier alpha value is -0.790. The number of hydrogen-bond acceptors (Lipinski definition) is 0. The van der Waals surface area contributed by atoms with Crippen LogP contribution in [0.2, 0.25) is 0 Å². The quantitative estimate of drug-likeness (QED) is 0.503. The van der Waals surface area contributed by atoms with Crippen LogP contribution in [0.5, 0.6) is 0 Å². The van der Waals surface area contributed by atoms with Crippen molar-refractivity contribution in [1.29, 1.82) is 0 Å². The van der Waals surface area contributed by atoms with Crippen LogP contribution in [0.4, 0.5) is 0 Å². The minimum Gasteiger partial charge on any atom is -0.170 e. The Morgan fingerprint density at radius 1 is 1.44 bits per heavy atom. The lowest BCUT2D eigenvalue weighted by atomic mass is 10.4. The number of aryl methyl sites for hydroxylation is 3. The van der Waals surface area contributed by atoms with Gasteiger partial charge in [-0.15, -0.1) is 4.68 Å². The maximum atomic E-state index is 3.12. The molecule has 1 aromatic heterocycles. The second-order valence-electron chi connectivity index (χ2n) is 2.14. The minimum atomic E-state index is 0. The van der Waals surface area contributed by atoms with Gasteiger partial charge in [-0.2, -0.15) is 5.10 Å². The first-order chi connectivity index (χ1) is 3.70. The molecule has 0 saturated carbocycles. The van der Waals surface area contributed by atoms with Gasteiger partial charge in [0.25, 0.3) is 0 Å². The molecule has 0 bridgehead atoms. The van der Waals surface area contributed by atoms with E-state index in [1.807, 2.05) is 18.7 Å². The number of aromatic amines is 1. The van der Waals surface area contributed by atoms with Gasteiger partial charge in [0.1, 0.15) is 0 Å². The van der Waals surface area contributed by atoms with Crippen molar-refractivity contribution in [2.24, 2.45) is 7.05 Å². The molecule has 0 atom stereocenters. The van der Waals surface area contributed by atoms with Crippen LogP contribution in [0.3, 0.4) is 0 Å². The topological polar surface area (TPSA) is 19.7 Å². The molecule has 0 aliphatic rings. The number of nitrogens with zero attached hydrogens (tertiary/aromatic N) is 1. The van der Waals surface area contributed by atoms with Gasteiger partial charge < -0.3 is 0 Å². The number of nitrogens with one attached hydrogen (secondary N) is 1. The summed E-state index contributed by atoms with van der Waals surface area (Å²) >= 11 is 0. The van der Waals surface area contributed by atoms with Crippen molar-refractivity contribution in [3.8, 4) is 0 Å². The third-order valence-electron chi connectivity index (χ3n) is 1.30. The first kappa shape index (κ1) is 8.21. The SMILES string of the molecule is C.Cc1cc(C)[n+](C)[nH]1. The van der Waals surface area contributed by atoms with E-state index in [1.165, 1.54) is 11.4 Å². The van der Waals surface area contributed by atoms with Crippen LogP contribution < -0.4 is 4.68 Å². The molecule has 0 unspecified atom stereocenters. The van der Waals surface area contributed by atoms with Crippen LogP contribution in [0.15, 0.2) is 6.07 Å². The zero-order valence-corrected chi connectivity index (χ0v) is 5.52. The van der Waals surface area contributed by atoms with Crippen molar-refractivity contribution >= 4 is 0 Å². The zero-order valence-electron chi connectivity index (χ0n) is 5.52. The van der Waals surface area contributed by atoms with Gasteiger partial charge in [-0.1, -0.05) is 7.43 Å². The Balaban J connectivity index is 0.000000640. The van der Waals surface area contributed by atoms with Crippen molar-refractivity contribution in [2.75, 3.05) is 0 Å². The Kier molecular flexibility index (Phi) is 2.43.